The molecule has 0 heterocycles. The molecule has 0 aromatic rings. The highest BCUT2D eigenvalue weighted by Gasteiger charge is 2.14. The molecule has 0 fully saturated rings. The number of amides is 1. The van der Waals surface area contributed by atoms with Gasteiger partial charge in [-0.2, -0.15) is 5.26 Å². The maximum atomic E-state index is 11.7. The van der Waals surface area contributed by atoms with Crippen LogP contribution in [0.25, 0.3) is 0 Å². The van der Waals surface area contributed by atoms with Crippen LogP contribution in [0.15, 0.2) is 11.6 Å². The van der Waals surface area contributed by atoms with Crippen molar-refractivity contribution in [2.24, 2.45) is 0 Å². The summed E-state index contributed by atoms with van der Waals surface area (Å²) < 4.78 is 4.85. The summed E-state index contributed by atoms with van der Waals surface area (Å²) >= 11 is 0. The fourth-order valence-corrected chi connectivity index (χ4v) is 1.18. The Morgan fingerprint density at radius 1 is 1.47 bits per heavy atom. The Kier molecular flexibility index (Phi) is 7.29. The molecule has 84 valence electrons. The molecule has 0 atom stereocenters. The Morgan fingerprint density at radius 3 is 2.47 bits per heavy atom. The Morgan fingerprint density at radius 2 is 2.07 bits per heavy atom. The van der Waals surface area contributed by atoms with E-state index >= 15 is 0 Å². The summed E-state index contributed by atoms with van der Waals surface area (Å²) in [7, 11) is 1.59. The van der Waals surface area contributed by atoms with Gasteiger partial charge in [0.25, 0.3) is 5.91 Å². The van der Waals surface area contributed by atoms with E-state index in [9.17, 15) is 4.79 Å². The van der Waals surface area contributed by atoms with Gasteiger partial charge < -0.3 is 9.64 Å². The topological polar surface area (TPSA) is 53.3 Å². The van der Waals surface area contributed by atoms with E-state index in [0.717, 1.165) is 0 Å². The summed E-state index contributed by atoms with van der Waals surface area (Å²) in [5, 5.41) is 8.83. The third-order valence-corrected chi connectivity index (χ3v) is 2.07. The molecule has 0 aromatic carbocycles. The van der Waals surface area contributed by atoms with Crippen molar-refractivity contribution < 1.29 is 9.53 Å². The van der Waals surface area contributed by atoms with Gasteiger partial charge in [0, 0.05) is 26.8 Å². The standard InChI is InChI=1S/C11H18N2O2/c1-4-13(5-2)11(14)10(9-12)7-6-8-15-3/h7H,4-6,8H2,1-3H3. The number of ether oxygens (including phenoxy) is 1. The lowest BCUT2D eigenvalue weighted by atomic mass is 10.2. The fraction of sp³-hybridized carbons (Fsp3) is 0.636. The lowest BCUT2D eigenvalue weighted by Crippen LogP contribution is -2.31. The number of carbonyl (C=O) groups excluding carboxylic acids is 1. The van der Waals surface area contributed by atoms with Crippen molar-refractivity contribution in [1.82, 2.24) is 4.90 Å². The first-order valence-corrected chi connectivity index (χ1v) is 5.09. The van der Waals surface area contributed by atoms with Gasteiger partial charge in [-0.1, -0.05) is 6.08 Å². The third kappa shape index (κ3) is 4.61. The molecular weight excluding hydrogens is 192 g/mol. The van der Waals surface area contributed by atoms with E-state index in [4.69, 9.17) is 10.00 Å². The lowest BCUT2D eigenvalue weighted by molar-refractivity contribution is -0.126. The quantitative estimate of drug-likeness (QED) is 0.377. The van der Waals surface area contributed by atoms with Gasteiger partial charge in [0.05, 0.1) is 0 Å². The van der Waals surface area contributed by atoms with Gasteiger partial charge in [-0.25, -0.2) is 0 Å². The number of nitriles is 1. The Labute approximate surface area is 91.1 Å². The van der Waals surface area contributed by atoms with Crippen molar-refractivity contribution in [1.29, 1.82) is 5.26 Å². The molecule has 0 aromatic heterocycles. The van der Waals surface area contributed by atoms with Crippen LogP contribution in [0.3, 0.4) is 0 Å². The minimum atomic E-state index is -0.196. The van der Waals surface area contributed by atoms with Gasteiger partial charge in [0.1, 0.15) is 11.6 Å². The van der Waals surface area contributed by atoms with Gasteiger partial charge in [0.2, 0.25) is 0 Å². The molecule has 0 N–H and O–H groups in total. The predicted octanol–water partition coefficient (Wildman–Crippen LogP) is 1.34. The molecule has 0 aliphatic heterocycles. The molecule has 0 aliphatic carbocycles. The number of hydrogen-bond donors (Lipinski definition) is 0. The molecule has 4 heteroatoms. The molecule has 15 heavy (non-hydrogen) atoms. The summed E-state index contributed by atoms with van der Waals surface area (Å²) in [4.78, 5) is 13.4. The molecule has 4 nitrogen and oxygen atoms in total. The average molecular weight is 210 g/mol. The number of methoxy groups -OCH3 is 1. The van der Waals surface area contributed by atoms with Crippen LogP contribution in [-0.2, 0) is 9.53 Å². The van der Waals surface area contributed by atoms with E-state index < -0.39 is 0 Å². The van der Waals surface area contributed by atoms with E-state index in [1.165, 1.54) is 0 Å². The van der Waals surface area contributed by atoms with E-state index in [-0.39, 0.29) is 11.5 Å². The number of hydrogen-bond acceptors (Lipinski definition) is 3. The maximum Gasteiger partial charge on any atom is 0.264 e. The summed E-state index contributed by atoms with van der Waals surface area (Å²) in [5.41, 5.74) is 0.204. The van der Waals surface area contributed by atoms with Gasteiger partial charge in [-0.3, -0.25) is 4.79 Å². The van der Waals surface area contributed by atoms with Crippen LogP contribution in [0.5, 0.6) is 0 Å². The van der Waals surface area contributed by atoms with Gasteiger partial charge >= 0.3 is 0 Å². The van der Waals surface area contributed by atoms with E-state index in [0.29, 0.717) is 26.1 Å². The summed E-state index contributed by atoms with van der Waals surface area (Å²) in [6.07, 6.45) is 2.22. The number of carbonyl (C=O) groups is 1. The fourth-order valence-electron chi connectivity index (χ4n) is 1.18. The van der Waals surface area contributed by atoms with Crippen LogP contribution < -0.4 is 0 Å². The van der Waals surface area contributed by atoms with Crippen molar-refractivity contribution in [3.8, 4) is 6.07 Å². The first kappa shape index (κ1) is 13.7. The van der Waals surface area contributed by atoms with Crippen LogP contribution in [-0.4, -0.2) is 37.6 Å². The first-order chi connectivity index (χ1) is 7.21. The van der Waals surface area contributed by atoms with Crippen LogP contribution >= 0.6 is 0 Å². The van der Waals surface area contributed by atoms with Crippen molar-refractivity contribution in [2.45, 2.75) is 20.3 Å². The van der Waals surface area contributed by atoms with E-state index in [1.54, 1.807) is 18.1 Å². The second-order valence-electron chi connectivity index (χ2n) is 2.99. The summed E-state index contributed by atoms with van der Waals surface area (Å²) in [6.45, 7) is 5.56. The molecule has 1 amide bonds. The highest BCUT2D eigenvalue weighted by molar-refractivity contribution is 5.97. The maximum absolute atomic E-state index is 11.7. The van der Waals surface area contributed by atoms with E-state index in [1.807, 2.05) is 19.9 Å². The van der Waals surface area contributed by atoms with Crippen LogP contribution in [0.1, 0.15) is 20.3 Å². The second kappa shape index (κ2) is 8.01. The zero-order valence-corrected chi connectivity index (χ0v) is 9.62. The van der Waals surface area contributed by atoms with Crippen LogP contribution in [0, 0.1) is 11.3 Å². The zero-order chi connectivity index (χ0) is 11.7. The van der Waals surface area contributed by atoms with Gasteiger partial charge in [-0.05, 0) is 20.3 Å². The summed E-state index contributed by atoms with van der Waals surface area (Å²) in [5.74, 6) is -0.196. The Balaban J connectivity index is 4.47. The minimum Gasteiger partial charge on any atom is -0.384 e. The van der Waals surface area contributed by atoms with E-state index in [2.05, 4.69) is 0 Å². The Bertz CT molecular complexity index is 262. The highest BCUT2D eigenvalue weighted by atomic mass is 16.5. The molecule has 0 saturated carbocycles. The largest absolute Gasteiger partial charge is 0.384 e. The van der Waals surface area contributed by atoms with Crippen molar-refractivity contribution in [3.63, 3.8) is 0 Å². The minimum absolute atomic E-state index is 0.196. The predicted molar refractivity (Wildman–Crippen MR) is 58.1 cm³/mol. The Hall–Kier alpha value is -1.34. The summed E-state index contributed by atoms with van der Waals surface area (Å²) in [6, 6.07) is 1.92. The molecular formula is C11H18N2O2. The number of rotatable bonds is 6. The van der Waals surface area contributed by atoms with Crippen molar-refractivity contribution in [3.05, 3.63) is 11.6 Å². The molecule has 0 bridgehead atoms. The molecule has 0 unspecified atom stereocenters. The molecule has 0 aliphatic rings. The smallest absolute Gasteiger partial charge is 0.264 e. The first-order valence-electron chi connectivity index (χ1n) is 5.09. The third-order valence-electron chi connectivity index (χ3n) is 2.07. The molecule has 0 spiro atoms. The number of nitrogens with zero attached hydrogens (tertiary/aromatic N) is 2. The SMILES string of the molecule is CCN(CC)C(=O)C(C#N)=CCCOC. The zero-order valence-electron chi connectivity index (χ0n) is 9.62. The lowest BCUT2D eigenvalue weighted by Gasteiger charge is -2.17. The van der Waals surface area contributed by atoms with Crippen LogP contribution in [0.2, 0.25) is 0 Å². The number of likely N-dealkylation sites (N-methyl/N-ethyl adjacent to an activating group) is 1. The monoisotopic (exact) mass is 210 g/mol. The van der Waals surface area contributed by atoms with Crippen molar-refractivity contribution >= 4 is 5.91 Å². The molecule has 0 radical (unpaired) electrons. The normalized spacial score (nSPS) is 10.9. The van der Waals surface area contributed by atoms with Crippen molar-refractivity contribution in [2.75, 3.05) is 26.8 Å². The second-order valence-corrected chi connectivity index (χ2v) is 2.99. The van der Waals surface area contributed by atoms with Gasteiger partial charge in [-0.15, -0.1) is 0 Å². The van der Waals surface area contributed by atoms with Gasteiger partial charge in [0.15, 0.2) is 0 Å². The average Bonchev–Trinajstić information content (AvgIpc) is 2.26. The molecule has 0 saturated heterocycles. The highest BCUT2D eigenvalue weighted by Crippen LogP contribution is 2.02. The van der Waals surface area contributed by atoms with Crippen LogP contribution in [0.4, 0.5) is 0 Å². The molecule has 0 rings (SSSR count).